The molecule has 0 fully saturated rings. The number of nitrogens with two attached hydrogens (primary N) is 1. The summed E-state index contributed by atoms with van der Waals surface area (Å²) in [5, 5.41) is 1.03. The Labute approximate surface area is 95.2 Å². The van der Waals surface area contributed by atoms with Gasteiger partial charge < -0.3 is 10.5 Å². The molecule has 0 amide bonds. The zero-order chi connectivity index (χ0) is 11.7. The maximum absolute atomic E-state index is 5.85. The van der Waals surface area contributed by atoms with Crippen molar-refractivity contribution < 1.29 is 4.74 Å². The molecule has 2 rings (SSSR count). The number of pyridine rings is 1. The van der Waals surface area contributed by atoms with E-state index >= 15 is 0 Å². The van der Waals surface area contributed by atoms with Gasteiger partial charge in [0, 0.05) is 23.2 Å². The second-order valence-electron chi connectivity index (χ2n) is 4.03. The van der Waals surface area contributed by atoms with Crippen molar-refractivity contribution in [2.24, 2.45) is 5.73 Å². The van der Waals surface area contributed by atoms with Crippen LogP contribution in [0.5, 0.6) is 5.75 Å². The SMILES string of the molecule is COc1cc(C)nc2cc(C(C)N)ccc12. The van der Waals surface area contributed by atoms with E-state index in [2.05, 4.69) is 4.98 Å². The summed E-state index contributed by atoms with van der Waals surface area (Å²) in [6, 6.07) is 8.02. The summed E-state index contributed by atoms with van der Waals surface area (Å²) in [6.45, 7) is 3.93. The minimum absolute atomic E-state index is 0.0257. The second kappa shape index (κ2) is 4.10. The molecule has 0 bridgehead atoms. The molecular weight excluding hydrogens is 200 g/mol. The van der Waals surface area contributed by atoms with Gasteiger partial charge in [0.05, 0.1) is 12.6 Å². The molecule has 0 radical (unpaired) electrons. The van der Waals surface area contributed by atoms with Gasteiger partial charge in [0.1, 0.15) is 5.75 Å². The molecule has 3 nitrogen and oxygen atoms in total. The van der Waals surface area contributed by atoms with Crippen LogP contribution >= 0.6 is 0 Å². The van der Waals surface area contributed by atoms with E-state index in [4.69, 9.17) is 10.5 Å². The lowest BCUT2D eigenvalue weighted by molar-refractivity contribution is 0.419. The van der Waals surface area contributed by atoms with Crippen LogP contribution in [-0.2, 0) is 0 Å². The van der Waals surface area contributed by atoms with E-state index in [-0.39, 0.29) is 6.04 Å². The van der Waals surface area contributed by atoms with Crippen LogP contribution < -0.4 is 10.5 Å². The van der Waals surface area contributed by atoms with Crippen LogP contribution in [0.1, 0.15) is 24.2 Å². The Bertz CT molecular complexity index is 521. The minimum Gasteiger partial charge on any atom is -0.496 e. The van der Waals surface area contributed by atoms with Crippen LogP contribution in [0.2, 0.25) is 0 Å². The molecule has 1 aromatic heterocycles. The summed E-state index contributed by atoms with van der Waals surface area (Å²) in [5.41, 5.74) is 8.83. The number of hydrogen-bond donors (Lipinski definition) is 1. The van der Waals surface area contributed by atoms with Gasteiger partial charge in [0.25, 0.3) is 0 Å². The zero-order valence-corrected chi connectivity index (χ0v) is 9.82. The van der Waals surface area contributed by atoms with E-state index in [1.54, 1.807) is 7.11 Å². The van der Waals surface area contributed by atoms with Gasteiger partial charge in [0.15, 0.2) is 0 Å². The van der Waals surface area contributed by atoms with Gasteiger partial charge in [-0.3, -0.25) is 4.98 Å². The van der Waals surface area contributed by atoms with E-state index in [0.29, 0.717) is 0 Å². The van der Waals surface area contributed by atoms with Gasteiger partial charge in [-0.2, -0.15) is 0 Å². The van der Waals surface area contributed by atoms with Gasteiger partial charge >= 0.3 is 0 Å². The van der Waals surface area contributed by atoms with Gasteiger partial charge in [-0.05, 0) is 31.5 Å². The monoisotopic (exact) mass is 216 g/mol. The third-order valence-corrected chi connectivity index (χ3v) is 2.67. The van der Waals surface area contributed by atoms with Crippen molar-refractivity contribution in [3.05, 3.63) is 35.5 Å². The highest BCUT2D eigenvalue weighted by atomic mass is 16.5. The summed E-state index contributed by atoms with van der Waals surface area (Å²) in [7, 11) is 1.67. The van der Waals surface area contributed by atoms with Gasteiger partial charge in [-0.15, -0.1) is 0 Å². The number of aryl methyl sites for hydroxylation is 1. The Kier molecular flexibility index (Phi) is 2.79. The topological polar surface area (TPSA) is 48.1 Å². The van der Waals surface area contributed by atoms with Crippen molar-refractivity contribution in [3.8, 4) is 5.75 Å². The fourth-order valence-electron chi connectivity index (χ4n) is 1.79. The number of hydrogen-bond acceptors (Lipinski definition) is 3. The van der Waals surface area contributed by atoms with Gasteiger partial charge in [0.2, 0.25) is 0 Å². The third-order valence-electron chi connectivity index (χ3n) is 2.67. The van der Waals surface area contributed by atoms with E-state index in [1.807, 2.05) is 38.1 Å². The first-order valence-electron chi connectivity index (χ1n) is 5.32. The molecule has 2 aromatic rings. The average Bonchev–Trinajstić information content (AvgIpc) is 2.26. The summed E-state index contributed by atoms with van der Waals surface area (Å²) in [5.74, 6) is 0.860. The minimum atomic E-state index is 0.0257. The van der Waals surface area contributed by atoms with Gasteiger partial charge in [-0.1, -0.05) is 6.07 Å². The number of benzene rings is 1. The molecule has 3 heteroatoms. The Morgan fingerprint density at radius 3 is 2.69 bits per heavy atom. The Hall–Kier alpha value is -1.61. The normalized spacial score (nSPS) is 12.8. The molecule has 1 unspecified atom stereocenters. The quantitative estimate of drug-likeness (QED) is 0.839. The smallest absolute Gasteiger partial charge is 0.130 e. The van der Waals surface area contributed by atoms with E-state index < -0.39 is 0 Å². The van der Waals surface area contributed by atoms with E-state index in [0.717, 1.165) is 27.9 Å². The first kappa shape index (κ1) is 10.9. The van der Waals surface area contributed by atoms with Crippen molar-refractivity contribution >= 4 is 10.9 Å². The van der Waals surface area contributed by atoms with Crippen molar-refractivity contribution in [2.45, 2.75) is 19.9 Å². The summed E-state index contributed by atoms with van der Waals surface area (Å²) in [6.07, 6.45) is 0. The largest absolute Gasteiger partial charge is 0.496 e. The Morgan fingerprint density at radius 2 is 2.06 bits per heavy atom. The van der Waals surface area contributed by atoms with Crippen molar-refractivity contribution in [2.75, 3.05) is 7.11 Å². The number of rotatable bonds is 2. The summed E-state index contributed by atoms with van der Waals surface area (Å²) < 4.78 is 5.34. The van der Waals surface area contributed by atoms with Crippen LogP contribution in [0.3, 0.4) is 0 Å². The first-order valence-corrected chi connectivity index (χ1v) is 5.32. The van der Waals surface area contributed by atoms with Crippen LogP contribution in [0.15, 0.2) is 24.3 Å². The van der Waals surface area contributed by atoms with Crippen molar-refractivity contribution in [3.63, 3.8) is 0 Å². The maximum Gasteiger partial charge on any atom is 0.130 e. The number of fused-ring (bicyclic) bond motifs is 1. The highest BCUT2D eigenvalue weighted by Gasteiger charge is 2.06. The number of nitrogens with zero attached hydrogens (tertiary/aromatic N) is 1. The number of methoxy groups -OCH3 is 1. The molecule has 84 valence electrons. The molecular formula is C13H16N2O. The lowest BCUT2D eigenvalue weighted by Gasteiger charge is -2.10. The third kappa shape index (κ3) is 1.86. The molecule has 0 spiro atoms. The Morgan fingerprint density at radius 1 is 1.31 bits per heavy atom. The molecule has 1 heterocycles. The number of ether oxygens (including phenoxy) is 1. The fourth-order valence-corrected chi connectivity index (χ4v) is 1.79. The first-order chi connectivity index (χ1) is 7.61. The lowest BCUT2D eigenvalue weighted by Crippen LogP contribution is -2.04. The molecule has 2 N–H and O–H groups in total. The molecule has 0 saturated heterocycles. The van der Waals surface area contributed by atoms with Crippen molar-refractivity contribution in [1.29, 1.82) is 0 Å². The zero-order valence-electron chi connectivity index (χ0n) is 9.82. The molecule has 16 heavy (non-hydrogen) atoms. The fraction of sp³-hybridized carbons (Fsp3) is 0.308. The molecule has 1 atom stereocenters. The van der Waals surface area contributed by atoms with Gasteiger partial charge in [-0.25, -0.2) is 0 Å². The summed E-state index contributed by atoms with van der Waals surface area (Å²) >= 11 is 0. The maximum atomic E-state index is 5.85. The lowest BCUT2D eigenvalue weighted by atomic mass is 10.1. The molecule has 0 aliphatic heterocycles. The molecule has 0 saturated carbocycles. The number of aromatic nitrogens is 1. The standard InChI is InChI=1S/C13H16N2O/c1-8-6-13(16-3)11-5-4-10(9(2)14)7-12(11)15-8/h4-7,9H,14H2,1-3H3. The van der Waals surface area contributed by atoms with E-state index in [9.17, 15) is 0 Å². The van der Waals surface area contributed by atoms with E-state index in [1.165, 1.54) is 0 Å². The second-order valence-corrected chi connectivity index (χ2v) is 4.03. The van der Waals surface area contributed by atoms with Crippen LogP contribution in [-0.4, -0.2) is 12.1 Å². The highest BCUT2D eigenvalue weighted by molar-refractivity contribution is 5.85. The predicted octanol–water partition coefficient (Wildman–Crippen LogP) is 2.57. The van der Waals surface area contributed by atoms with Crippen LogP contribution in [0.25, 0.3) is 10.9 Å². The van der Waals surface area contributed by atoms with Crippen LogP contribution in [0.4, 0.5) is 0 Å². The highest BCUT2D eigenvalue weighted by Crippen LogP contribution is 2.27. The summed E-state index contributed by atoms with van der Waals surface area (Å²) in [4.78, 5) is 4.49. The predicted molar refractivity (Wildman–Crippen MR) is 65.6 cm³/mol. The Balaban J connectivity index is 2.69. The van der Waals surface area contributed by atoms with Crippen LogP contribution in [0, 0.1) is 6.92 Å². The molecule has 0 aliphatic rings. The molecule has 0 aliphatic carbocycles. The average molecular weight is 216 g/mol. The molecule has 1 aromatic carbocycles. The van der Waals surface area contributed by atoms with Crippen molar-refractivity contribution in [1.82, 2.24) is 4.98 Å².